The lowest BCUT2D eigenvalue weighted by Crippen LogP contribution is -2.12. The van der Waals surface area contributed by atoms with Crippen molar-refractivity contribution in [1.29, 1.82) is 0 Å². The highest BCUT2D eigenvalue weighted by Gasteiger charge is 2.12. The van der Waals surface area contributed by atoms with E-state index < -0.39 is 14.9 Å². The van der Waals surface area contributed by atoms with Gasteiger partial charge in [-0.1, -0.05) is 6.07 Å². The van der Waals surface area contributed by atoms with Crippen molar-refractivity contribution in [3.63, 3.8) is 0 Å². The number of hydrogen-bond acceptors (Lipinski definition) is 4. The second-order valence-electron chi connectivity index (χ2n) is 2.30. The van der Waals surface area contributed by atoms with Crippen LogP contribution in [-0.4, -0.2) is 13.3 Å². The van der Waals surface area contributed by atoms with Crippen molar-refractivity contribution >= 4 is 40.5 Å². The van der Waals surface area contributed by atoms with Crippen LogP contribution in [0.25, 0.3) is 0 Å². The van der Waals surface area contributed by atoms with Crippen LogP contribution < -0.4 is 5.14 Å². The Balaban J connectivity index is 0. The van der Waals surface area contributed by atoms with Crippen LogP contribution in [0.15, 0.2) is 29.2 Å². The lowest BCUT2D eigenvalue weighted by Gasteiger charge is -1.96. The van der Waals surface area contributed by atoms with Gasteiger partial charge in [0.25, 0.3) is 5.69 Å². The van der Waals surface area contributed by atoms with Crippen molar-refractivity contribution < 1.29 is 13.3 Å². The van der Waals surface area contributed by atoms with E-state index >= 15 is 0 Å². The summed E-state index contributed by atoms with van der Waals surface area (Å²) in [5.74, 6) is 0. The van der Waals surface area contributed by atoms with Crippen molar-refractivity contribution in [2.45, 2.75) is 4.90 Å². The summed E-state index contributed by atoms with van der Waals surface area (Å²) < 4.78 is 21.5. The zero-order valence-electron chi connectivity index (χ0n) is 7.19. The van der Waals surface area contributed by atoms with Crippen molar-refractivity contribution in [3.8, 4) is 0 Å². The molecular weight excluding hydrogens is 267 g/mol. The van der Waals surface area contributed by atoms with Crippen molar-refractivity contribution in [2.75, 3.05) is 0 Å². The number of nitro benzene ring substituents is 1. The van der Waals surface area contributed by atoms with E-state index in [1.165, 1.54) is 18.2 Å². The molecule has 0 saturated carbocycles. The molecule has 0 unspecified atom stereocenters. The van der Waals surface area contributed by atoms with E-state index in [4.69, 9.17) is 5.14 Å². The Morgan fingerprint density at radius 1 is 1.27 bits per heavy atom. The fourth-order valence-electron chi connectivity index (χ4n) is 0.774. The Bertz CT molecular complexity index is 448. The first-order valence-corrected chi connectivity index (χ1v) is 4.73. The van der Waals surface area contributed by atoms with Gasteiger partial charge in [-0.2, -0.15) is 0 Å². The van der Waals surface area contributed by atoms with Gasteiger partial charge in [0.05, 0.1) is 9.82 Å². The van der Waals surface area contributed by atoms with E-state index in [1.807, 2.05) is 0 Å². The van der Waals surface area contributed by atoms with Gasteiger partial charge in [-0.25, -0.2) is 13.6 Å². The summed E-state index contributed by atoms with van der Waals surface area (Å²) in [5.41, 5.74) is -0.300. The molecule has 1 aromatic carbocycles. The molecule has 0 aliphatic heterocycles. The largest absolute Gasteiger partial charge is 0.270 e. The highest BCUT2D eigenvalue weighted by molar-refractivity contribution is 7.89. The monoisotopic (exact) mass is 274 g/mol. The highest BCUT2D eigenvalue weighted by atomic mass is 35.5. The van der Waals surface area contributed by atoms with E-state index in [0.717, 1.165) is 6.07 Å². The molecule has 0 aliphatic rings. The molecule has 15 heavy (non-hydrogen) atoms. The molecule has 0 fully saturated rings. The summed E-state index contributed by atoms with van der Waals surface area (Å²) in [4.78, 5) is 9.30. The Morgan fingerprint density at radius 3 is 2.20 bits per heavy atom. The predicted molar refractivity (Wildman–Crippen MR) is 59.0 cm³/mol. The summed E-state index contributed by atoms with van der Waals surface area (Å²) in [6.45, 7) is 0. The molecule has 0 amide bonds. The first-order chi connectivity index (χ1) is 5.91. The molecule has 1 rings (SSSR count). The van der Waals surface area contributed by atoms with Crippen LogP contribution in [0, 0.1) is 10.1 Å². The van der Waals surface area contributed by atoms with Crippen LogP contribution in [0.5, 0.6) is 0 Å². The summed E-state index contributed by atoms with van der Waals surface area (Å²) in [6, 6.07) is 4.56. The lowest BCUT2D eigenvalue weighted by molar-refractivity contribution is -0.385. The molecule has 9 heteroatoms. The van der Waals surface area contributed by atoms with E-state index in [9.17, 15) is 18.5 Å². The first-order valence-electron chi connectivity index (χ1n) is 3.18. The maximum Gasteiger partial charge on any atom is 0.270 e. The average Bonchev–Trinajstić information content (AvgIpc) is 2.03. The SMILES string of the molecule is Cl.Cl.NS(=O)(=O)c1cccc([N+](=O)[O-])c1. The lowest BCUT2D eigenvalue weighted by atomic mass is 10.3. The molecule has 0 aliphatic carbocycles. The fourth-order valence-corrected chi connectivity index (χ4v) is 1.33. The number of hydrogen-bond donors (Lipinski definition) is 1. The van der Waals surface area contributed by atoms with E-state index in [1.54, 1.807) is 0 Å². The Labute approximate surface area is 98.5 Å². The Morgan fingerprint density at radius 2 is 1.80 bits per heavy atom. The van der Waals surface area contributed by atoms with Gasteiger partial charge in [0.1, 0.15) is 0 Å². The fraction of sp³-hybridized carbons (Fsp3) is 0. The summed E-state index contributed by atoms with van der Waals surface area (Å²) >= 11 is 0. The van der Waals surface area contributed by atoms with Gasteiger partial charge >= 0.3 is 0 Å². The summed E-state index contributed by atoms with van der Waals surface area (Å²) in [6.07, 6.45) is 0. The number of sulfonamides is 1. The highest BCUT2D eigenvalue weighted by Crippen LogP contribution is 2.15. The van der Waals surface area contributed by atoms with Crippen LogP contribution in [0.4, 0.5) is 5.69 Å². The molecular formula is C6H8Cl2N2O4S. The Kier molecular flexibility index (Phi) is 6.46. The molecule has 0 aromatic heterocycles. The van der Waals surface area contributed by atoms with E-state index in [-0.39, 0.29) is 35.4 Å². The zero-order chi connectivity index (χ0) is 10.1. The molecule has 1 aromatic rings. The van der Waals surface area contributed by atoms with Crippen LogP contribution in [0.1, 0.15) is 0 Å². The third-order valence-electron chi connectivity index (χ3n) is 1.36. The molecule has 0 spiro atoms. The third-order valence-corrected chi connectivity index (χ3v) is 2.27. The molecule has 0 saturated heterocycles. The second kappa shape index (κ2) is 5.86. The topological polar surface area (TPSA) is 103 Å². The van der Waals surface area contributed by atoms with Gasteiger partial charge in [-0.15, -0.1) is 24.8 Å². The average molecular weight is 275 g/mol. The van der Waals surface area contributed by atoms with Gasteiger partial charge in [-0.3, -0.25) is 10.1 Å². The maximum absolute atomic E-state index is 10.8. The number of benzene rings is 1. The standard InChI is InChI=1S/C6H6N2O4S.2ClH/c7-13(11,12)6-3-1-2-5(4-6)8(9)10;;/h1-4H,(H2,7,11,12);2*1H. The molecule has 2 N–H and O–H groups in total. The number of primary sulfonamides is 1. The molecule has 0 bridgehead atoms. The predicted octanol–water partition coefficient (Wildman–Crippen LogP) is 1.09. The normalized spacial score (nSPS) is 9.67. The van der Waals surface area contributed by atoms with Crippen molar-refractivity contribution in [1.82, 2.24) is 0 Å². The minimum absolute atomic E-state index is 0. The molecule has 0 radical (unpaired) electrons. The van der Waals surface area contributed by atoms with Crippen molar-refractivity contribution in [2.24, 2.45) is 5.14 Å². The molecule has 6 nitrogen and oxygen atoms in total. The maximum atomic E-state index is 10.8. The molecule has 0 atom stereocenters. The van der Waals surface area contributed by atoms with E-state index in [0.29, 0.717) is 0 Å². The summed E-state index contributed by atoms with van der Waals surface area (Å²) in [7, 11) is -3.86. The van der Waals surface area contributed by atoms with E-state index in [2.05, 4.69) is 0 Å². The number of rotatable bonds is 2. The number of nitro groups is 1. The van der Waals surface area contributed by atoms with Crippen molar-refractivity contribution in [3.05, 3.63) is 34.4 Å². The minimum atomic E-state index is -3.86. The van der Waals surface area contributed by atoms with Gasteiger partial charge < -0.3 is 0 Å². The zero-order valence-corrected chi connectivity index (χ0v) is 9.64. The van der Waals surface area contributed by atoms with Crippen LogP contribution in [0.2, 0.25) is 0 Å². The molecule has 0 heterocycles. The van der Waals surface area contributed by atoms with Crippen LogP contribution in [0.3, 0.4) is 0 Å². The van der Waals surface area contributed by atoms with Gasteiger partial charge in [-0.05, 0) is 6.07 Å². The number of nitrogens with zero attached hydrogens (tertiary/aromatic N) is 1. The Hall–Kier alpha value is -0.890. The number of non-ortho nitro benzene ring substituents is 1. The first kappa shape index (κ1) is 16.5. The van der Waals surface area contributed by atoms with Crippen LogP contribution >= 0.6 is 24.8 Å². The van der Waals surface area contributed by atoms with Gasteiger partial charge in [0.2, 0.25) is 10.0 Å². The smallest absolute Gasteiger partial charge is 0.258 e. The number of halogens is 2. The minimum Gasteiger partial charge on any atom is -0.258 e. The second-order valence-corrected chi connectivity index (χ2v) is 3.86. The summed E-state index contributed by atoms with van der Waals surface area (Å²) in [5, 5.41) is 15.0. The molecule has 86 valence electrons. The quantitative estimate of drug-likeness (QED) is 0.644. The third kappa shape index (κ3) is 4.43. The number of nitrogens with two attached hydrogens (primary N) is 1. The van der Waals surface area contributed by atoms with Crippen LogP contribution in [-0.2, 0) is 10.0 Å². The van der Waals surface area contributed by atoms with Gasteiger partial charge in [0, 0.05) is 12.1 Å². The van der Waals surface area contributed by atoms with Gasteiger partial charge in [0.15, 0.2) is 0 Å².